The summed E-state index contributed by atoms with van der Waals surface area (Å²) in [5.74, 6) is 4.96. The minimum absolute atomic E-state index is 0.0466. The van der Waals surface area contributed by atoms with Gasteiger partial charge in [0.2, 0.25) is 15.9 Å². The number of nitrogens with zero attached hydrogens (tertiary/aromatic N) is 3. The summed E-state index contributed by atoms with van der Waals surface area (Å²) in [6.45, 7) is 6.10. The number of rotatable bonds is 11. The summed E-state index contributed by atoms with van der Waals surface area (Å²) in [4.78, 5) is 30.3. The van der Waals surface area contributed by atoms with Gasteiger partial charge in [0.25, 0.3) is 0 Å². The molecule has 194 valence electrons. The number of carbonyl (C=O) groups excluding carboxylic acids is 2. The van der Waals surface area contributed by atoms with Crippen molar-refractivity contribution in [2.75, 3.05) is 26.2 Å². The van der Waals surface area contributed by atoms with E-state index in [4.69, 9.17) is 5.84 Å². The van der Waals surface area contributed by atoms with E-state index in [1.54, 1.807) is 29.4 Å². The molecule has 0 radical (unpaired) electrons. The standard InChI is InChI=1S/C24H38N6O4S/c1-18(2)14-21(28-35(33,34)20-9-4-3-5-10-20)24(32)30-13-7-11-22(30)23(31)15-26-19-8-6-12-29(16-19)17-27-25/h3-5,9-10,17-19,21-22,26,28H,6-8,11-16,25H2,1-2H3/t19?,21-,22+/m1/s1. The zero-order valence-electron chi connectivity index (χ0n) is 20.6. The fourth-order valence-corrected chi connectivity index (χ4v) is 6.05. The number of ketones is 1. The van der Waals surface area contributed by atoms with Crippen LogP contribution < -0.4 is 15.9 Å². The summed E-state index contributed by atoms with van der Waals surface area (Å²) in [5, 5.41) is 6.90. The predicted molar refractivity (Wildman–Crippen MR) is 135 cm³/mol. The van der Waals surface area contributed by atoms with E-state index in [1.165, 1.54) is 12.1 Å². The summed E-state index contributed by atoms with van der Waals surface area (Å²) >= 11 is 0. The first-order chi connectivity index (χ1) is 16.7. The Kier molecular flexibility index (Phi) is 9.64. The number of benzene rings is 1. The number of nitrogens with one attached hydrogen (secondary N) is 2. The Bertz CT molecular complexity index is 985. The lowest BCUT2D eigenvalue weighted by molar-refractivity contribution is -0.139. The van der Waals surface area contributed by atoms with Gasteiger partial charge in [0.1, 0.15) is 12.4 Å². The molecule has 2 aliphatic rings. The van der Waals surface area contributed by atoms with E-state index in [2.05, 4.69) is 15.1 Å². The molecule has 2 fully saturated rings. The van der Waals surface area contributed by atoms with Crippen LogP contribution in [0.1, 0.15) is 46.0 Å². The van der Waals surface area contributed by atoms with E-state index in [0.29, 0.717) is 25.8 Å². The molecule has 0 saturated carbocycles. The highest BCUT2D eigenvalue weighted by Crippen LogP contribution is 2.22. The first-order valence-electron chi connectivity index (χ1n) is 12.3. The second kappa shape index (κ2) is 12.5. The highest BCUT2D eigenvalue weighted by atomic mass is 32.2. The quantitative estimate of drug-likeness (QED) is 0.175. The summed E-state index contributed by atoms with van der Waals surface area (Å²) < 4.78 is 28.5. The highest BCUT2D eigenvalue weighted by Gasteiger charge is 2.38. The number of hydrogen-bond donors (Lipinski definition) is 3. The van der Waals surface area contributed by atoms with Crippen molar-refractivity contribution in [2.45, 2.75) is 69.0 Å². The smallest absolute Gasteiger partial charge is 0.241 e. The number of sulfonamides is 1. The fourth-order valence-electron chi connectivity index (χ4n) is 4.83. The lowest BCUT2D eigenvalue weighted by atomic mass is 10.0. The molecule has 35 heavy (non-hydrogen) atoms. The lowest BCUT2D eigenvalue weighted by Gasteiger charge is -2.32. The molecule has 2 heterocycles. The van der Waals surface area contributed by atoms with E-state index < -0.39 is 22.1 Å². The molecule has 1 amide bonds. The van der Waals surface area contributed by atoms with Crippen molar-refractivity contribution >= 4 is 28.1 Å². The van der Waals surface area contributed by atoms with Gasteiger partial charge in [0.15, 0.2) is 5.78 Å². The minimum Gasteiger partial charge on any atom is -0.360 e. The van der Waals surface area contributed by atoms with Crippen LogP contribution in [0.3, 0.4) is 0 Å². The monoisotopic (exact) mass is 506 g/mol. The van der Waals surface area contributed by atoms with E-state index in [9.17, 15) is 18.0 Å². The summed E-state index contributed by atoms with van der Waals surface area (Å²) in [6, 6.07) is 6.69. The molecule has 1 aromatic carbocycles. The van der Waals surface area contributed by atoms with Crippen LogP contribution in [-0.2, 0) is 19.6 Å². The predicted octanol–water partition coefficient (Wildman–Crippen LogP) is 0.896. The van der Waals surface area contributed by atoms with E-state index in [0.717, 1.165) is 25.9 Å². The second-order valence-corrected chi connectivity index (χ2v) is 11.5. The van der Waals surface area contributed by atoms with Gasteiger partial charge in [0, 0.05) is 25.7 Å². The van der Waals surface area contributed by atoms with Crippen LogP contribution in [0.5, 0.6) is 0 Å². The van der Waals surface area contributed by atoms with Gasteiger partial charge < -0.3 is 21.0 Å². The molecule has 2 saturated heterocycles. The van der Waals surface area contributed by atoms with Crippen LogP contribution in [0.25, 0.3) is 0 Å². The average molecular weight is 507 g/mol. The molecular formula is C24H38N6O4S. The molecular weight excluding hydrogens is 468 g/mol. The maximum Gasteiger partial charge on any atom is 0.241 e. The molecule has 4 N–H and O–H groups in total. The van der Waals surface area contributed by atoms with Gasteiger partial charge in [-0.15, -0.1) is 0 Å². The Labute approximate surface area is 208 Å². The van der Waals surface area contributed by atoms with Crippen molar-refractivity contribution < 1.29 is 18.0 Å². The third-order valence-electron chi connectivity index (χ3n) is 6.51. The summed E-state index contributed by atoms with van der Waals surface area (Å²) in [6.07, 6.45) is 5.19. The zero-order chi connectivity index (χ0) is 25.4. The molecule has 11 heteroatoms. The molecule has 1 aromatic rings. The molecule has 3 rings (SSSR count). The van der Waals surface area contributed by atoms with E-state index >= 15 is 0 Å². The number of amides is 1. The summed E-state index contributed by atoms with van der Waals surface area (Å²) in [5.41, 5.74) is 0. The van der Waals surface area contributed by atoms with E-state index in [-0.39, 0.29) is 35.1 Å². The van der Waals surface area contributed by atoms with Crippen molar-refractivity contribution in [3.8, 4) is 0 Å². The first-order valence-corrected chi connectivity index (χ1v) is 13.8. The van der Waals surface area contributed by atoms with Crippen molar-refractivity contribution in [2.24, 2.45) is 16.9 Å². The Balaban J connectivity index is 1.65. The summed E-state index contributed by atoms with van der Waals surface area (Å²) in [7, 11) is -3.87. The molecule has 0 spiro atoms. The minimum atomic E-state index is -3.87. The van der Waals surface area contributed by atoms with Crippen LogP contribution >= 0.6 is 0 Å². The topological polar surface area (TPSA) is 137 Å². The van der Waals surface area contributed by atoms with Crippen molar-refractivity contribution in [1.82, 2.24) is 19.8 Å². The number of nitrogens with two attached hydrogens (primary N) is 1. The van der Waals surface area contributed by atoms with Gasteiger partial charge in [-0.2, -0.15) is 9.82 Å². The van der Waals surface area contributed by atoms with Crippen molar-refractivity contribution in [1.29, 1.82) is 0 Å². The Morgan fingerprint density at radius 3 is 2.57 bits per heavy atom. The second-order valence-electron chi connectivity index (χ2n) is 9.75. The number of hydrazone groups is 1. The van der Waals surface area contributed by atoms with Crippen molar-refractivity contribution in [3.63, 3.8) is 0 Å². The third-order valence-corrected chi connectivity index (χ3v) is 8.00. The SMILES string of the molecule is CC(C)C[C@@H](NS(=O)(=O)c1ccccc1)C(=O)N1CCC[C@H]1C(=O)CNC1CCCN(C=NN)C1. The molecule has 0 bridgehead atoms. The van der Waals surface area contributed by atoms with Gasteiger partial charge in [-0.05, 0) is 50.2 Å². The lowest BCUT2D eigenvalue weighted by Crippen LogP contribution is -2.54. The highest BCUT2D eigenvalue weighted by molar-refractivity contribution is 7.89. The molecule has 0 aliphatic carbocycles. The van der Waals surface area contributed by atoms with Crippen LogP contribution in [0.2, 0.25) is 0 Å². The zero-order valence-corrected chi connectivity index (χ0v) is 21.4. The molecule has 2 aliphatic heterocycles. The van der Waals surface area contributed by atoms with Gasteiger partial charge in [-0.3, -0.25) is 9.59 Å². The fraction of sp³-hybridized carbons (Fsp3) is 0.625. The maximum atomic E-state index is 13.5. The van der Waals surface area contributed by atoms with Gasteiger partial charge in [-0.1, -0.05) is 32.0 Å². The normalized spacial score (nSPS) is 22.1. The number of hydrogen-bond acceptors (Lipinski definition) is 7. The Hall–Kier alpha value is -2.50. The Morgan fingerprint density at radius 1 is 1.17 bits per heavy atom. The Morgan fingerprint density at radius 2 is 1.89 bits per heavy atom. The van der Waals surface area contributed by atoms with Gasteiger partial charge >= 0.3 is 0 Å². The van der Waals surface area contributed by atoms with Gasteiger partial charge in [0.05, 0.1) is 17.5 Å². The number of carbonyl (C=O) groups is 2. The van der Waals surface area contributed by atoms with Crippen LogP contribution in [0.4, 0.5) is 0 Å². The number of piperidine rings is 1. The van der Waals surface area contributed by atoms with Crippen LogP contribution in [-0.4, -0.2) is 80.6 Å². The third kappa shape index (κ3) is 7.49. The first kappa shape index (κ1) is 27.1. The number of Topliss-reactive ketones (excluding diaryl/α,β-unsaturated/α-hetero) is 1. The molecule has 1 unspecified atom stereocenters. The maximum absolute atomic E-state index is 13.5. The van der Waals surface area contributed by atoms with Crippen molar-refractivity contribution in [3.05, 3.63) is 30.3 Å². The largest absolute Gasteiger partial charge is 0.360 e. The number of likely N-dealkylation sites (tertiary alicyclic amines) is 2. The van der Waals surface area contributed by atoms with Gasteiger partial charge in [-0.25, -0.2) is 8.42 Å². The molecule has 3 atom stereocenters. The average Bonchev–Trinajstić information content (AvgIpc) is 3.32. The van der Waals surface area contributed by atoms with E-state index in [1.807, 2.05) is 18.7 Å². The molecule has 0 aromatic heterocycles. The van der Waals surface area contributed by atoms with Crippen LogP contribution in [0, 0.1) is 5.92 Å². The van der Waals surface area contributed by atoms with Crippen LogP contribution in [0.15, 0.2) is 40.3 Å². The molecule has 10 nitrogen and oxygen atoms in total.